The minimum Gasteiger partial charge on any atom is -0.464 e. The molecule has 0 aromatic carbocycles. The van der Waals surface area contributed by atoms with Crippen LogP contribution in [0.1, 0.15) is 35.6 Å². The second kappa shape index (κ2) is 4.29. The maximum atomic E-state index is 11.5. The van der Waals surface area contributed by atoms with Gasteiger partial charge in [0.05, 0.1) is 7.11 Å². The van der Waals surface area contributed by atoms with E-state index in [-0.39, 0.29) is 5.97 Å². The van der Waals surface area contributed by atoms with Gasteiger partial charge in [0.25, 0.3) is 0 Å². The average Bonchev–Trinajstić information content (AvgIpc) is 2.80. The van der Waals surface area contributed by atoms with Crippen LogP contribution in [0, 0.1) is 12.3 Å². The van der Waals surface area contributed by atoms with Crippen LogP contribution in [0.4, 0.5) is 5.13 Å². The molecular formula is C12H18N2O2S. The van der Waals surface area contributed by atoms with Crippen LogP contribution in [0.3, 0.4) is 0 Å². The van der Waals surface area contributed by atoms with E-state index in [1.54, 1.807) is 11.3 Å². The number of ether oxygens (including phenoxy) is 1. The Hall–Kier alpha value is -1.10. The number of anilines is 1. The number of hydrogen-bond acceptors (Lipinski definition) is 5. The zero-order valence-corrected chi connectivity index (χ0v) is 11.6. The van der Waals surface area contributed by atoms with Gasteiger partial charge in [-0.2, -0.15) is 0 Å². The first-order valence-electron chi connectivity index (χ1n) is 5.74. The Bertz CT molecular complexity index is 440. The largest absolute Gasteiger partial charge is 0.464 e. The molecule has 4 nitrogen and oxygen atoms in total. The number of hydrogen-bond donors (Lipinski definition) is 0. The lowest BCUT2D eigenvalue weighted by atomic mass is 9.93. The van der Waals surface area contributed by atoms with Crippen molar-refractivity contribution >= 4 is 22.4 Å². The van der Waals surface area contributed by atoms with Gasteiger partial charge in [0.15, 0.2) is 10.8 Å². The van der Waals surface area contributed by atoms with Crippen molar-refractivity contribution in [2.75, 3.05) is 25.1 Å². The van der Waals surface area contributed by atoms with Gasteiger partial charge in [-0.25, -0.2) is 9.78 Å². The molecule has 0 atom stereocenters. The van der Waals surface area contributed by atoms with Crippen molar-refractivity contribution < 1.29 is 9.53 Å². The summed E-state index contributed by atoms with van der Waals surface area (Å²) in [6.07, 6.45) is 1.17. The molecule has 0 saturated carbocycles. The van der Waals surface area contributed by atoms with Crippen LogP contribution in [-0.4, -0.2) is 31.2 Å². The number of carbonyl (C=O) groups is 1. The van der Waals surface area contributed by atoms with E-state index >= 15 is 0 Å². The van der Waals surface area contributed by atoms with Crippen molar-refractivity contribution in [3.8, 4) is 0 Å². The summed E-state index contributed by atoms with van der Waals surface area (Å²) in [5, 5.41) is 0.938. The molecule has 0 bridgehead atoms. The summed E-state index contributed by atoms with van der Waals surface area (Å²) >= 11 is 1.57. The van der Waals surface area contributed by atoms with Crippen molar-refractivity contribution in [3.05, 3.63) is 10.6 Å². The number of methoxy groups -OCH3 is 1. The number of aryl methyl sites for hydroxylation is 1. The number of carbonyl (C=O) groups excluding carboxylic acids is 1. The molecular weight excluding hydrogens is 236 g/mol. The summed E-state index contributed by atoms with van der Waals surface area (Å²) in [5.74, 6) is -0.344. The zero-order chi connectivity index (χ0) is 12.6. The highest BCUT2D eigenvalue weighted by molar-refractivity contribution is 7.15. The Kier molecular flexibility index (Phi) is 3.12. The van der Waals surface area contributed by atoms with Gasteiger partial charge in [-0.15, -0.1) is 11.3 Å². The van der Waals surface area contributed by atoms with Gasteiger partial charge < -0.3 is 9.64 Å². The summed E-state index contributed by atoms with van der Waals surface area (Å²) < 4.78 is 4.72. The van der Waals surface area contributed by atoms with Crippen molar-refractivity contribution in [1.29, 1.82) is 0 Å². The molecule has 94 valence electrons. The maximum absolute atomic E-state index is 11.5. The van der Waals surface area contributed by atoms with Gasteiger partial charge in [0, 0.05) is 18.0 Å². The van der Waals surface area contributed by atoms with Crippen LogP contribution in [0.5, 0.6) is 0 Å². The summed E-state index contributed by atoms with van der Waals surface area (Å²) in [6.45, 7) is 8.44. The van der Waals surface area contributed by atoms with E-state index in [0.717, 1.165) is 23.1 Å². The number of rotatable bonds is 2. The quantitative estimate of drug-likeness (QED) is 0.760. The lowest BCUT2D eigenvalue weighted by Gasteiger charge is -2.18. The maximum Gasteiger partial charge on any atom is 0.357 e. The highest BCUT2D eigenvalue weighted by atomic mass is 32.1. The molecule has 0 radical (unpaired) electrons. The van der Waals surface area contributed by atoms with E-state index in [9.17, 15) is 4.79 Å². The summed E-state index contributed by atoms with van der Waals surface area (Å²) in [4.78, 5) is 19.1. The second-order valence-corrected chi connectivity index (χ2v) is 6.41. The summed E-state index contributed by atoms with van der Waals surface area (Å²) in [7, 11) is 1.39. The fraction of sp³-hybridized carbons (Fsp3) is 0.667. The predicted molar refractivity (Wildman–Crippen MR) is 68.8 cm³/mol. The normalized spacial score (nSPS) is 18.5. The monoisotopic (exact) mass is 254 g/mol. The first kappa shape index (κ1) is 12.4. The molecule has 1 aromatic heterocycles. The second-order valence-electron chi connectivity index (χ2n) is 5.23. The molecule has 2 rings (SSSR count). The molecule has 1 fully saturated rings. The molecule has 1 aromatic rings. The topological polar surface area (TPSA) is 42.4 Å². The third kappa shape index (κ3) is 2.44. The number of nitrogens with zero attached hydrogens (tertiary/aromatic N) is 2. The first-order valence-corrected chi connectivity index (χ1v) is 6.55. The Morgan fingerprint density at radius 3 is 2.76 bits per heavy atom. The van der Waals surface area contributed by atoms with E-state index in [1.807, 2.05) is 6.92 Å². The van der Waals surface area contributed by atoms with Crippen molar-refractivity contribution in [2.45, 2.75) is 27.2 Å². The van der Waals surface area contributed by atoms with Crippen LogP contribution in [0.15, 0.2) is 0 Å². The minimum absolute atomic E-state index is 0.338. The molecule has 0 spiro atoms. The van der Waals surface area contributed by atoms with Crippen LogP contribution >= 0.6 is 11.3 Å². The van der Waals surface area contributed by atoms with E-state index in [1.165, 1.54) is 13.5 Å². The van der Waals surface area contributed by atoms with Gasteiger partial charge in [-0.05, 0) is 18.8 Å². The molecule has 1 aliphatic rings. The lowest BCUT2D eigenvalue weighted by Crippen LogP contribution is -2.22. The van der Waals surface area contributed by atoms with Gasteiger partial charge in [-0.1, -0.05) is 13.8 Å². The summed E-state index contributed by atoms with van der Waals surface area (Å²) in [6, 6.07) is 0. The van der Waals surface area contributed by atoms with E-state index in [4.69, 9.17) is 4.74 Å². The molecule has 0 N–H and O–H groups in total. The number of esters is 1. The van der Waals surface area contributed by atoms with E-state index in [0.29, 0.717) is 11.1 Å². The Balaban J connectivity index is 2.21. The molecule has 0 amide bonds. The molecule has 5 heteroatoms. The van der Waals surface area contributed by atoms with Gasteiger partial charge in [0.2, 0.25) is 0 Å². The molecule has 0 unspecified atom stereocenters. The highest BCUT2D eigenvalue weighted by Gasteiger charge is 2.31. The van der Waals surface area contributed by atoms with Gasteiger partial charge in [0.1, 0.15) is 0 Å². The van der Waals surface area contributed by atoms with Crippen LogP contribution < -0.4 is 4.90 Å². The van der Waals surface area contributed by atoms with Gasteiger partial charge >= 0.3 is 5.97 Å². The fourth-order valence-electron chi connectivity index (χ4n) is 2.08. The Morgan fingerprint density at radius 1 is 1.53 bits per heavy atom. The van der Waals surface area contributed by atoms with Crippen LogP contribution in [-0.2, 0) is 4.74 Å². The first-order chi connectivity index (χ1) is 7.93. The fourth-order valence-corrected chi connectivity index (χ4v) is 3.00. The highest BCUT2D eigenvalue weighted by Crippen LogP contribution is 2.35. The van der Waals surface area contributed by atoms with Crippen molar-refractivity contribution in [2.24, 2.45) is 5.41 Å². The Morgan fingerprint density at radius 2 is 2.24 bits per heavy atom. The standard InChI is InChI=1S/C12H18N2O2S/c1-8-9(10(15)16-4)13-11(17-8)14-6-5-12(2,3)7-14/h5-7H2,1-4H3. The minimum atomic E-state index is -0.344. The average molecular weight is 254 g/mol. The predicted octanol–water partition coefficient (Wildman–Crippen LogP) is 2.47. The molecule has 0 aliphatic carbocycles. The SMILES string of the molecule is COC(=O)c1nc(N2CCC(C)(C)C2)sc1C. The van der Waals surface area contributed by atoms with Crippen LogP contribution in [0.25, 0.3) is 0 Å². The molecule has 17 heavy (non-hydrogen) atoms. The molecule has 1 saturated heterocycles. The lowest BCUT2D eigenvalue weighted by molar-refractivity contribution is 0.0594. The third-order valence-electron chi connectivity index (χ3n) is 3.11. The van der Waals surface area contributed by atoms with Crippen molar-refractivity contribution in [1.82, 2.24) is 4.98 Å². The third-order valence-corrected chi connectivity index (χ3v) is 4.14. The van der Waals surface area contributed by atoms with E-state index < -0.39 is 0 Å². The molecule has 1 aliphatic heterocycles. The van der Waals surface area contributed by atoms with E-state index in [2.05, 4.69) is 23.7 Å². The smallest absolute Gasteiger partial charge is 0.357 e. The molecule has 2 heterocycles. The summed E-state index contributed by atoms with van der Waals surface area (Å²) in [5.41, 5.74) is 0.794. The zero-order valence-electron chi connectivity index (χ0n) is 10.7. The number of thiazole rings is 1. The Labute approximate surface area is 106 Å². The van der Waals surface area contributed by atoms with Crippen molar-refractivity contribution in [3.63, 3.8) is 0 Å². The van der Waals surface area contributed by atoms with Crippen LogP contribution in [0.2, 0.25) is 0 Å². The van der Waals surface area contributed by atoms with Gasteiger partial charge in [-0.3, -0.25) is 0 Å². The number of aromatic nitrogens is 1.